The fraction of sp³-hybridized carbons (Fsp3) is 0.0833. The van der Waals surface area contributed by atoms with E-state index in [2.05, 4.69) is 36.4 Å². The van der Waals surface area contributed by atoms with E-state index in [-0.39, 0.29) is 0 Å². The summed E-state index contributed by atoms with van der Waals surface area (Å²) in [5, 5.41) is 0.797. The van der Waals surface area contributed by atoms with Crippen molar-refractivity contribution in [3.05, 3.63) is 64.7 Å². The molecule has 0 heterocycles. The molecule has 0 unspecified atom stereocenters. The van der Waals surface area contributed by atoms with Gasteiger partial charge in [-0.3, -0.25) is 0 Å². The molecule has 0 amide bonds. The smallest absolute Gasteiger partial charge is 0.0406 e. The maximum absolute atomic E-state index is 5.79. The Kier molecular flexibility index (Phi) is 2.42. The summed E-state index contributed by atoms with van der Waals surface area (Å²) in [5.41, 5.74) is 2.65. The zero-order chi connectivity index (χ0) is 9.10. The summed E-state index contributed by atoms with van der Waals surface area (Å²) < 4.78 is 0. The lowest BCUT2D eigenvalue weighted by Gasteiger charge is -2.02. The molecule has 0 saturated carbocycles. The third-order valence-corrected chi connectivity index (χ3v) is 2.31. The van der Waals surface area contributed by atoms with Crippen LogP contribution >= 0.6 is 11.6 Å². The van der Waals surface area contributed by atoms with Crippen LogP contribution in [0.1, 0.15) is 11.1 Å². The molecule has 0 aliphatic carbocycles. The molecule has 0 fully saturated rings. The number of hydrogen-bond acceptors (Lipinski definition) is 0. The van der Waals surface area contributed by atoms with Crippen molar-refractivity contribution in [1.82, 2.24) is 0 Å². The van der Waals surface area contributed by atoms with Gasteiger partial charge in [-0.05, 0) is 24.1 Å². The van der Waals surface area contributed by atoms with E-state index in [1.807, 2.05) is 12.1 Å². The summed E-state index contributed by atoms with van der Waals surface area (Å²) in [4.78, 5) is 0. The Balaban J connectivity index is 2.15. The van der Waals surface area contributed by atoms with E-state index in [4.69, 9.17) is 11.6 Å². The first-order chi connectivity index (χ1) is 6.34. The van der Waals surface area contributed by atoms with Crippen LogP contribution in [0, 0.1) is 0 Å². The quantitative estimate of drug-likeness (QED) is 0.633. The predicted molar refractivity (Wildman–Crippen MR) is 56.3 cm³/mol. The molecule has 0 spiro atoms. The summed E-state index contributed by atoms with van der Waals surface area (Å²) >= 11 is 5.79. The van der Waals surface area contributed by atoms with Crippen LogP contribution in [-0.2, 0) is 6.42 Å². The number of halogens is 1. The van der Waals surface area contributed by atoms with Gasteiger partial charge in [-0.25, -0.2) is 12.1 Å². The van der Waals surface area contributed by atoms with Crippen LogP contribution in [-0.4, -0.2) is 0 Å². The standard InChI is InChI=1S/C12H10Cl/c13-12-7-5-11(6-8-12)9-10-3-1-2-4-10/h1-8H,9H2/q-1. The van der Waals surface area contributed by atoms with E-state index in [0.29, 0.717) is 0 Å². The molecule has 2 rings (SSSR count). The molecule has 0 N–H and O–H groups in total. The van der Waals surface area contributed by atoms with E-state index in [0.717, 1.165) is 11.4 Å². The van der Waals surface area contributed by atoms with E-state index < -0.39 is 0 Å². The second-order valence-electron chi connectivity index (χ2n) is 3.10. The van der Waals surface area contributed by atoms with Gasteiger partial charge in [0.05, 0.1) is 0 Å². The van der Waals surface area contributed by atoms with Crippen LogP contribution in [0.4, 0.5) is 0 Å². The molecular formula is C12H10Cl-. The minimum Gasteiger partial charge on any atom is -0.213 e. The molecule has 0 nitrogen and oxygen atoms in total. The summed E-state index contributed by atoms with van der Waals surface area (Å²) in [7, 11) is 0. The van der Waals surface area contributed by atoms with Gasteiger partial charge in [-0.15, -0.1) is 0 Å². The Morgan fingerprint density at radius 1 is 1.08 bits per heavy atom. The molecule has 0 aromatic heterocycles. The predicted octanol–water partition coefficient (Wildman–Crippen LogP) is 3.65. The van der Waals surface area contributed by atoms with Gasteiger partial charge >= 0.3 is 0 Å². The molecule has 1 heteroatoms. The van der Waals surface area contributed by atoms with Gasteiger partial charge in [0, 0.05) is 5.02 Å². The minimum absolute atomic E-state index is 0.797. The largest absolute Gasteiger partial charge is 0.213 e. The molecule has 66 valence electrons. The van der Waals surface area contributed by atoms with E-state index >= 15 is 0 Å². The summed E-state index contributed by atoms with van der Waals surface area (Å²) in [6.45, 7) is 0. The third-order valence-electron chi connectivity index (χ3n) is 2.05. The Bertz CT molecular complexity index is 357. The molecule has 0 atom stereocenters. The fourth-order valence-corrected chi connectivity index (χ4v) is 1.50. The van der Waals surface area contributed by atoms with Gasteiger partial charge in [-0.2, -0.15) is 17.7 Å². The van der Waals surface area contributed by atoms with Gasteiger partial charge < -0.3 is 0 Å². The average molecular weight is 190 g/mol. The first kappa shape index (κ1) is 8.46. The van der Waals surface area contributed by atoms with Crippen LogP contribution < -0.4 is 0 Å². The molecule has 0 radical (unpaired) electrons. The Hall–Kier alpha value is -1.14. The first-order valence-corrected chi connectivity index (χ1v) is 4.67. The molecule has 2 aromatic rings. The zero-order valence-electron chi connectivity index (χ0n) is 7.20. The topological polar surface area (TPSA) is 0 Å². The van der Waals surface area contributed by atoms with Crippen molar-refractivity contribution in [2.24, 2.45) is 0 Å². The number of hydrogen-bond donors (Lipinski definition) is 0. The highest BCUT2D eigenvalue weighted by atomic mass is 35.5. The summed E-state index contributed by atoms with van der Waals surface area (Å²) in [6, 6.07) is 16.4. The maximum atomic E-state index is 5.79. The van der Waals surface area contributed by atoms with Crippen molar-refractivity contribution in [3.63, 3.8) is 0 Å². The van der Waals surface area contributed by atoms with Crippen molar-refractivity contribution in [2.75, 3.05) is 0 Å². The van der Waals surface area contributed by atoms with Gasteiger partial charge in [0.1, 0.15) is 0 Å². The molecule has 13 heavy (non-hydrogen) atoms. The first-order valence-electron chi connectivity index (χ1n) is 4.29. The van der Waals surface area contributed by atoms with Crippen LogP contribution in [0.2, 0.25) is 5.02 Å². The molecular weight excluding hydrogens is 180 g/mol. The maximum Gasteiger partial charge on any atom is 0.0406 e. The van der Waals surface area contributed by atoms with Gasteiger partial charge in [-0.1, -0.05) is 23.7 Å². The van der Waals surface area contributed by atoms with Crippen molar-refractivity contribution < 1.29 is 0 Å². The lowest BCUT2D eigenvalue weighted by Crippen LogP contribution is -1.83. The van der Waals surface area contributed by atoms with Gasteiger partial charge in [0.2, 0.25) is 0 Å². The monoisotopic (exact) mass is 189 g/mol. The van der Waals surface area contributed by atoms with Crippen molar-refractivity contribution in [1.29, 1.82) is 0 Å². The Labute approximate surface area is 83.1 Å². The highest BCUT2D eigenvalue weighted by Crippen LogP contribution is 2.13. The van der Waals surface area contributed by atoms with E-state index in [1.54, 1.807) is 0 Å². The van der Waals surface area contributed by atoms with Crippen molar-refractivity contribution in [2.45, 2.75) is 6.42 Å². The van der Waals surface area contributed by atoms with Crippen LogP contribution in [0.25, 0.3) is 0 Å². The second-order valence-corrected chi connectivity index (χ2v) is 3.53. The van der Waals surface area contributed by atoms with Crippen LogP contribution in [0.5, 0.6) is 0 Å². The van der Waals surface area contributed by atoms with Crippen LogP contribution in [0.15, 0.2) is 48.5 Å². The normalized spacial score (nSPS) is 10.2. The SMILES string of the molecule is Clc1ccc(Cc2ccc[cH-]2)cc1. The zero-order valence-corrected chi connectivity index (χ0v) is 7.96. The van der Waals surface area contributed by atoms with Crippen molar-refractivity contribution >= 4 is 11.6 Å². The molecule has 0 saturated heterocycles. The summed E-state index contributed by atoms with van der Waals surface area (Å²) in [6.07, 6.45) is 0.990. The van der Waals surface area contributed by atoms with Crippen LogP contribution in [0.3, 0.4) is 0 Å². The third kappa shape index (κ3) is 2.16. The fourth-order valence-electron chi connectivity index (χ4n) is 1.37. The molecule has 0 aliphatic rings. The van der Waals surface area contributed by atoms with Gasteiger partial charge in [0.15, 0.2) is 0 Å². The molecule has 0 bridgehead atoms. The number of rotatable bonds is 2. The second kappa shape index (κ2) is 3.71. The van der Waals surface area contributed by atoms with E-state index in [9.17, 15) is 0 Å². The summed E-state index contributed by atoms with van der Waals surface area (Å²) in [5.74, 6) is 0. The Morgan fingerprint density at radius 2 is 1.85 bits per heavy atom. The highest BCUT2D eigenvalue weighted by molar-refractivity contribution is 6.30. The molecule has 2 aromatic carbocycles. The average Bonchev–Trinajstić information content (AvgIpc) is 2.62. The number of benzene rings is 1. The highest BCUT2D eigenvalue weighted by Gasteiger charge is 1.91. The lowest BCUT2D eigenvalue weighted by atomic mass is 10.1. The lowest BCUT2D eigenvalue weighted by molar-refractivity contribution is 1.21. The van der Waals surface area contributed by atoms with Crippen molar-refractivity contribution in [3.8, 4) is 0 Å². The molecule has 0 aliphatic heterocycles. The van der Waals surface area contributed by atoms with Gasteiger partial charge in [0.25, 0.3) is 0 Å². The van der Waals surface area contributed by atoms with E-state index in [1.165, 1.54) is 11.1 Å². The minimum atomic E-state index is 0.797. The Morgan fingerprint density at radius 3 is 2.46 bits per heavy atom.